The Bertz CT molecular complexity index is 542. The van der Waals surface area contributed by atoms with Crippen LogP contribution in [0.3, 0.4) is 0 Å². The minimum Gasteiger partial charge on any atom is -0.456 e. The van der Waals surface area contributed by atoms with Gasteiger partial charge in [-0.15, -0.1) is 0 Å². The van der Waals surface area contributed by atoms with Crippen molar-refractivity contribution < 1.29 is 4.42 Å². The average Bonchev–Trinajstić information content (AvgIpc) is 2.72. The van der Waals surface area contributed by atoms with Crippen LogP contribution in [0.2, 0.25) is 5.02 Å². The van der Waals surface area contributed by atoms with Crippen LogP contribution < -0.4 is 5.32 Å². The Labute approximate surface area is 106 Å². The summed E-state index contributed by atoms with van der Waals surface area (Å²) in [6, 6.07) is 7.70. The molecule has 1 heterocycles. The van der Waals surface area contributed by atoms with E-state index in [0.29, 0.717) is 0 Å². The first-order valence-corrected chi connectivity index (χ1v) is 6.09. The third kappa shape index (κ3) is 2.90. The highest BCUT2D eigenvalue weighted by atomic mass is 35.5. The van der Waals surface area contributed by atoms with Crippen LogP contribution in [0.15, 0.2) is 34.8 Å². The highest BCUT2D eigenvalue weighted by molar-refractivity contribution is 6.31. The molecule has 0 saturated carbocycles. The van der Waals surface area contributed by atoms with Crippen LogP contribution >= 0.6 is 11.6 Å². The summed E-state index contributed by atoms with van der Waals surface area (Å²) in [7, 11) is 1.95. The Kier molecular flexibility index (Phi) is 3.87. The molecule has 17 heavy (non-hydrogen) atoms. The van der Waals surface area contributed by atoms with Gasteiger partial charge in [-0.2, -0.15) is 0 Å². The van der Waals surface area contributed by atoms with Crippen LogP contribution in [0.1, 0.15) is 19.1 Å². The van der Waals surface area contributed by atoms with Crippen molar-refractivity contribution >= 4 is 28.1 Å². The van der Waals surface area contributed by atoms with E-state index in [1.165, 1.54) is 0 Å². The highest BCUT2D eigenvalue weighted by Crippen LogP contribution is 2.26. The maximum atomic E-state index is 5.95. The molecule has 0 aliphatic heterocycles. The number of fused-ring (bicyclic) bond motifs is 1. The largest absolute Gasteiger partial charge is 0.456 e. The molecule has 1 N–H and O–H groups in total. The Balaban J connectivity index is 2.26. The molecule has 0 spiro atoms. The lowest BCUT2D eigenvalue weighted by Crippen LogP contribution is -2.05. The lowest BCUT2D eigenvalue weighted by atomic mass is 10.2. The topological polar surface area (TPSA) is 25.2 Å². The first kappa shape index (κ1) is 12.2. The van der Waals surface area contributed by atoms with Crippen molar-refractivity contribution in [1.29, 1.82) is 0 Å². The molecule has 0 aliphatic carbocycles. The van der Waals surface area contributed by atoms with Gasteiger partial charge in [-0.3, -0.25) is 0 Å². The summed E-state index contributed by atoms with van der Waals surface area (Å²) in [6.07, 6.45) is 3.18. The van der Waals surface area contributed by atoms with Gasteiger partial charge in [-0.25, -0.2) is 0 Å². The van der Waals surface area contributed by atoms with E-state index in [1.54, 1.807) is 0 Å². The zero-order valence-electron chi connectivity index (χ0n) is 10.1. The third-order valence-corrected chi connectivity index (χ3v) is 2.95. The predicted molar refractivity (Wildman–Crippen MR) is 73.4 cm³/mol. The summed E-state index contributed by atoms with van der Waals surface area (Å²) in [4.78, 5) is 0. The summed E-state index contributed by atoms with van der Waals surface area (Å²) < 4.78 is 5.77. The molecule has 1 aromatic carbocycles. The van der Waals surface area contributed by atoms with E-state index in [-0.39, 0.29) is 0 Å². The minimum atomic E-state index is 0.738. The second-order valence-corrected chi connectivity index (χ2v) is 4.51. The molecule has 0 bridgehead atoms. The molecule has 1 aromatic heterocycles. The number of furan rings is 1. The fraction of sp³-hybridized carbons (Fsp3) is 0.286. The van der Waals surface area contributed by atoms with Gasteiger partial charge in [0, 0.05) is 10.4 Å². The Morgan fingerprint density at radius 3 is 3.00 bits per heavy atom. The van der Waals surface area contributed by atoms with Gasteiger partial charge >= 0.3 is 0 Å². The molecule has 0 fully saturated rings. The Morgan fingerprint density at radius 2 is 2.24 bits per heavy atom. The first-order chi connectivity index (χ1) is 8.20. The standard InChI is InChI=1S/C14H16ClNO/c1-10(4-3-7-16-2)14-9-11-8-12(15)5-6-13(11)17-14/h4-6,8-9,16H,3,7H2,1-2H3/b10-4-. The molecule has 90 valence electrons. The van der Waals surface area contributed by atoms with E-state index in [4.69, 9.17) is 16.0 Å². The van der Waals surface area contributed by atoms with Gasteiger partial charge in [-0.1, -0.05) is 17.7 Å². The quantitative estimate of drug-likeness (QED) is 0.826. The molecule has 0 unspecified atom stereocenters. The summed E-state index contributed by atoms with van der Waals surface area (Å²) in [5, 5.41) is 4.90. The molecule has 2 rings (SSSR count). The normalized spacial score (nSPS) is 12.3. The molecular weight excluding hydrogens is 234 g/mol. The van der Waals surface area contributed by atoms with Crippen LogP contribution in [0.25, 0.3) is 16.5 Å². The monoisotopic (exact) mass is 249 g/mol. The third-order valence-electron chi connectivity index (χ3n) is 2.71. The van der Waals surface area contributed by atoms with Crippen LogP contribution in [-0.4, -0.2) is 13.6 Å². The van der Waals surface area contributed by atoms with Gasteiger partial charge in [0.15, 0.2) is 0 Å². The fourth-order valence-corrected chi connectivity index (χ4v) is 1.92. The van der Waals surface area contributed by atoms with Gasteiger partial charge in [0.2, 0.25) is 0 Å². The molecule has 0 atom stereocenters. The molecule has 2 aromatic rings. The summed E-state index contributed by atoms with van der Waals surface area (Å²) in [5.41, 5.74) is 2.04. The molecule has 0 saturated heterocycles. The zero-order chi connectivity index (χ0) is 12.3. The van der Waals surface area contributed by atoms with E-state index in [2.05, 4.69) is 18.3 Å². The van der Waals surface area contributed by atoms with Crippen LogP contribution in [0.5, 0.6) is 0 Å². The van der Waals surface area contributed by atoms with Crippen molar-refractivity contribution in [3.63, 3.8) is 0 Å². The number of rotatable bonds is 4. The van der Waals surface area contributed by atoms with Gasteiger partial charge < -0.3 is 9.73 Å². The van der Waals surface area contributed by atoms with E-state index >= 15 is 0 Å². The Morgan fingerprint density at radius 1 is 1.41 bits per heavy atom. The van der Waals surface area contributed by atoms with Crippen molar-refractivity contribution in [2.45, 2.75) is 13.3 Å². The van der Waals surface area contributed by atoms with Gasteiger partial charge in [0.1, 0.15) is 11.3 Å². The number of allylic oxidation sites excluding steroid dienone is 1. The molecule has 0 radical (unpaired) electrons. The van der Waals surface area contributed by atoms with Crippen LogP contribution in [0.4, 0.5) is 0 Å². The maximum Gasteiger partial charge on any atom is 0.134 e. The maximum absolute atomic E-state index is 5.95. The summed E-state index contributed by atoms with van der Waals surface area (Å²) >= 11 is 5.95. The second kappa shape index (κ2) is 5.39. The Hall–Kier alpha value is -1.25. The minimum absolute atomic E-state index is 0.738. The van der Waals surface area contributed by atoms with Gasteiger partial charge in [0.05, 0.1) is 0 Å². The molecule has 0 amide bonds. The average molecular weight is 250 g/mol. The summed E-state index contributed by atoms with van der Waals surface area (Å²) in [6.45, 7) is 3.04. The zero-order valence-corrected chi connectivity index (χ0v) is 10.8. The predicted octanol–water partition coefficient (Wildman–Crippen LogP) is 4.10. The van der Waals surface area contributed by atoms with Crippen molar-refractivity contribution in [3.8, 4) is 0 Å². The highest BCUT2D eigenvalue weighted by Gasteiger charge is 2.05. The van der Waals surface area contributed by atoms with Gasteiger partial charge in [0.25, 0.3) is 0 Å². The first-order valence-electron chi connectivity index (χ1n) is 5.71. The van der Waals surface area contributed by atoms with Crippen molar-refractivity contribution in [1.82, 2.24) is 5.32 Å². The van der Waals surface area contributed by atoms with E-state index in [0.717, 1.165) is 40.3 Å². The molecular formula is C14H16ClNO. The summed E-state index contributed by atoms with van der Waals surface area (Å²) in [5.74, 6) is 0.915. The van der Waals surface area contributed by atoms with Crippen molar-refractivity contribution in [2.24, 2.45) is 0 Å². The van der Waals surface area contributed by atoms with E-state index in [1.807, 2.05) is 31.3 Å². The number of hydrogen-bond acceptors (Lipinski definition) is 2. The van der Waals surface area contributed by atoms with Crippen LogP contribution in [-0.2, 0) is 0 Å². The number of benzene rings is 1. The molecule has 3 heteroatoms. The smallest absolute Gasteiger partial charge is 0.134 e. The SMILES string of the molecule is CNCC/C=C(/C)c1cc2cc(Cl)ccc2o1. The van der Waals surface area contributed by atoms with E-state index in [9.17, 15) is 0 Å². The lowest BCUT2D eigenvalue weighted by molar-refractivity contribution is 0.599. The fourth-order valence-electron chi connectivity index (χ4n) is 1.74. The second-order valence-electron chi connectivity index (χ2n) is 4.07. The van der Waals surface area contributed by atoms with Gasteiger partial charge in [-0.05, 0) is 56.8 Å². The number of halogens is 1. The van der Waals surface area contributed by atoms with Crippen molar-refractivity contribution in [3.05, 3.63) is 41.1 Å². The molecule has 2 nitrogen and oxygen atoms in total. The van der Waals surface area contributed by atoms with E-state index < -0.39 is 0 Å². The lowest BCUT2D eigenvalue weighted by Gasteiger charge is -1.96. The number of hydrogen-bond donors (Lipinski definition) is 1. The number of nitrogens with one attached hydrogen (secondary N) is 1. The molecule has 0 aliphatic rings. The van der Waals surface area contributed by atoms with Crippen molar-refractivity contribution in [2.75, 3.05) is 13.6 Å². The van der Waals surface area contributed by atoms with Crippen LogP contribution in [0, 0.1) is 0 Å².